The molecule has 7 heteroatoms. The van der Waals surface area contributed by atoms with Crippen LogP contribution in [0.2, 0.25) is 5.02 Å². The van der Waals surface area contributed by atoms with Gasteiger partial charge in [-0.15, -0.1) is 0 Å². The number of carbonyl (C=O) groups is 1. The van der Waals surface area contributed by atoms with Crippen LogP contribution < -0.4 is 5.32 Å². The highest BCUT2D eigenvalue weighted by molar-refractivity contribution is 8.26. The summed E-state index contributed by atoms with van der Waals surface area (Å²) >= 11 is 13.6. The van der Waals surface area contributed by atoms with Gasteiger partial charge in [0, 0.05) is 16.9 Å². The van der Waals surface area contributed by atoms with Crippen molar-refractivity contribution in [2.75, 3.05) is 0 Å². The van der Waals surface area contributed by atoms with Gasteiger partial charge in [-0.3, -0.25) is 4.79 Å². The summed E-state index contributed by atoms with van der Waals surface area (Å²) < 4.78 is 6.17. The number of furan rings is 1. The largest absolute Gasteiger partial charge is 0.450 e. The molecule has 0 saturated carbocycles. The monoisotopic (exact) mass is 367 g/mol. The average molecular weight is 368 g/mol. The predicted octanol–water partition coefficient (Wildman–Crippen LogP) is 4.71. The number of hydrogen-bond donors (Lipinski definition) is 1. The van der Waals surface area contributed by atoms with Gasteiger partial charge < -0.3 is 9.73 Å². The van der Waals surface area contributed by atoms with Crippen molar-refractivity contribution in [1.82, 2.24) is 5.32 Å². The predicted molar refractivity (Wildman–Crippen MR) is 96.0 cm³/mol. The summed E-state index contributed by atoms with van der Waals surface area (Å²) in [5.74, 6) is 1.25. The molecule has 1 saturated heterocycles. The summed E-state index contributed by atoms with van der Waals surface area (Å²) in [7, 11) is 0. The molecule has 1 fully saturated rings. The van der Waals surface area contributed by atoms with Crippen LogP contribution in [0.5, 0.6) is 0 Å². The third kappa shape index (κ3) is 3.95. The van der Waals surface area contributed by atoms with Crippen molar-refractivity contribution in [3.05, 3.63) is 57.6 Å². The number of thioether (sulfide) groups is 2. The number of thiocarbonyl (C=S) groups is 1. The van der Waals surface area contributed by atoms with Crippen molar-refractivity contribution in [2.45, 2.75) is 10.8 Å². The minimum Gasteiger partial charge on any atom is -0.450 e. The van der Waals surface area contributed by atoms with Gasteiger partial charge in [-0.25, -0.2) is 0 Å². The highest BCUT2D eigenvalue weighted by atomic mass is 35.5. The molecule has 22 heavy (non-hydrogen) atoms. The summed E-state index contributed by atoms with van der Waals surface area (Å²) in [5.41, 5.74) is 1.17. The number of halogens is 1. The molecule has 1 aromatic carbocycles. The second-order valence-electron chi connectivity index (χ2n) is 4.42. The highest BCUT2D eigenvalue weighted by Gasteiger charge is 2.22. The van der Waals surface area contributed by atoms with E-state index in [1.54, 1.807) is 17.8 Å². The summed E-state index contributed by atoms with van der Waals surface area (Å²) in [5, 5.41) is 4.10. The lowest BCUT2D eigenvalue weighted by atomic mass is 10.2. The Morgan fingerprint density at radius 2 is 2.05 bits per heavy atom. The molecule has 1 aliphatic heterocycles. The highest BCUT2D eigenvalue weighted by Crippen LogP contribution is 2.29. The first-order valence-corrected chi connectivity index (χ1v) is 8.91. The third-order valence-corrected chi connectivity index (χ3v) is 5.21. The minimum absolute atomic E-state index is 0.179. The van der Waals surface area contributed by atoms with E-state index in [2.05, 4.69) is 5.32 Å². The molecule has 1 aromatic heterocycles. The first kappa shape index (κ1) is 15.7. The van der Waals surface area contributed by atoms with Crippen LogP contribution in [0.4, 0.5) is 0 Å². The number of carbonyl (C=O) groups excluding carboxylic acids is 1. The Morgan fingerprint density at radius 1 is 1.27 bits per heavy atom. The Morgan fingerprint density at radius 3 is 2.73 bits per heavy atom. The Labute approximate surface area is 146 Å². The van der Waals surface area contributed by atoms with E-state index in [0.717, 1.165) is 15.9 Å². The minimum atomic E-state index is -0.179. The van der Waals surface area contributed by atoms with Gasteiger partial charge in [-0.05, 0) is 29.8 Å². The molecular formula is C15H10ClNO2S3. The molecular weight excluding hydrogens is 358 g/mol. The Kier molecular flexibility index (Phi) is 4.93. The second-order valence-corrected chi connectivity index (χ2v) is 7.56. The Bertz CT molecular complexity index is 752. The number of benzene rings is 1. The van der Waals surface area contributed by atoms with E-state index in [1.807, 2.05) is 36.4 Å². The molecule has 3 rings (SSSR count). The van der Waals surface area contributed by atoms with Crippen molar-refractivity contribution in [2.24, 2.45) is 0 Å². The van der Waals surface area contributed by atoms with Crippen molar-refractivity contribution >= 4 is 63.6 Å². The number of nitrogens with one attached hydrogen (secondary N) is 1. The first-order valence-electron chi connectivity index (χ1n) is 6.32. The molecule has 0 bridgehead atoms. The van der Waals surface area contributed by atoms with Gasteiger partial charge in [0.1, 0.15) is 10.1 Å². The van der Waals surface area contributed by atoms with Gasteiger partial charge in [0.05, 0.1) is 4.91 Å². The number of rotatable bonds is 4. The lowest BCUT2D eigenvalue weighted by molar-refractivity contribution is -0.115. The lowest BCUT2D eigenvalue weighted by Crippen LogP contribution is -2.17. The van der Waals surface area contributed by atoms with Crippen LogP contribution in [0.15, 0.2) is 50.8 Å². The van der Waals surface area contributed by atoms with Crippen LogP contribution in [-0.2, 0) is 10.5 Å². The van der Waals surface area contributed by atoms with E-state index < -0.39 is 0 Å². The Hall–Kier alpha value is -1.21. The zero-order chi connectivity index (χ0) is 15.5. The maximum atomic E-state index is 11.6. The van der Waals surface area contributed by atoms with E-state index >= 15 is 0 Å². The SMILES string of the molecule is O=C1NC(=S)SC1=Cc1ccc(SCc2ccc(Cl)cc2)o1. The topological polar surface area (TPSA) is 42.2 Å². The molecule has 0 atom stereocenters. The van der Waals surface area contributed by atoms with Crippen molar-refractivity contribution in [3.8, 4) is 0 Å². The maximum absolute atomic E-state index is 11.6. The molecule has 2 aromatic rings. The molecule has 0 radical (unpaired) electrons. The van der Waals surface area contributed by atoms with Gasteiger partial charge >= 0.3 is 0 Å². The fraction of sp³-hybridized carbons (Fsp3) is 0.0667. The molecule has 1 amide bonds. The molecule has 0 unspecified atom stereocenters. The van der Waals surface area contributed by atoms with Crippen molar-refractivity contribution in [1.29, 1.82) is 0 Å². The van der Waals surface area contributed by atoms with Crippen molar-refractivity contribution < 1.29 is 9.21 Å². The normalized spacial score (nSPS) is 16.3. The lowest BCUT2D eigenvalue weighted by Gasteiger charge is -1.99. The third-order valence-electron chi connectivity index (χ3n) is 2.81. The number of hydrogen-bond acceptors (Lipinski definition) is 5. The van der Waals surface area contributed by atoms with Crippen LogP contribution in [0, 0.1) is 0 Å². The van der Waals surface area contributed by atoms with Gasteiger partial charge in [0.15, 0.2) is 5.09 Å². The fourth-order valence-electron chi connectivity index (χ4n) is 1.77. The van der Waals surface area contributed by atoms with E-state index in [4.69, 9.17) is 28.2 Å². The van der Waals surface area contributed by atoms with Crippen LogP contribution >= 0.6 is 47.3 Å². The smallest absolute Gasteiger partial charge is 0.263 e. The maximum Gasteiger partial charge on any atom is 0.263 e. The zero-order valence-corrected chi connectivity index (χ0v) is 14.4. The molecule has 3 nitrogen and oxygen atoms in total. The second kappa shape index (κ2) is 6.91. The summed E-state index contributed by atoms with van der Waals surface area (Å²) in [6, 6.07) is 11.4. The van der Waals surface area contributed by atoms with Crippen LogP contribution in [0.25, 0.3) is 6.08 Å². The van der Waals surface area contributed by atoms with E-state index in [-0.39, 0.29) is 5.91 Å². The molecule has 112 valence electrons. The average Bonchev–Trinajstić information content (AvgIpc) is 3.05. The van der Waals surface area contributed by atoms with Gasteiger partial charge in [-0.2, -0.15) is 0 Å². The number of amides is 1. The fourth-order valence-corrected chi connectivity index (χ4v) is 3.75. The standard InChI is InChI=1S/C15H10ClNO2S3/c16-10-3-1-9(2-4-10)8-21-13-6-5-11(19-13)7-12-14(18)17-15(20)22-12/h1-7H,8H2,(H,17,18,20). The zero-order valence-electron chi connectivity index (χ0n) is 11.2. The van der Waals surface area contributed by atoms with Crippen LogP contribution in [0.3, 0.4) is 0 Å². The van der Waals surface area contributed by atoms with E-state index in [0.29, 0.717) is 15.0 Å². The Balaban J connectivity index is 1.64. The van der Waals surface area contributed by atoms with Gasteiger partial charge in [0.2, 0.25) is 0 Å². The molecule has 1 aliphatic rings. The molecule has 2 heterocycles. The van der Waals surface area contributed by atoms with Crippen LogP contribution in [-0.4, -0.2) is 10.2 Å². The van der Waals surface area contributed by atoms with Gasteiger partial charge in [0.25, 0.3) is 5.91 Å². The molecule has 0 aliphatic carbocycles. The summed E-state index contributed by atoms with van der Waals surface area (Å²) in [6.45, 7) is 0. The summed E-state index contributed by atoms with van der Waals surface area (Å²) in [4.78, 5) is 12.1. The summed E-state index contributed by atoms with van der Waals surface area (Å²) in [6.07, 6.45) is 1.70. The first-order chi connectivity index (χ1) is 10.6. The van der Waals surface area contributed by atoms with Crippen molar-refractivity contribution in [3.63, 3.8) is 0 Å². The molecule has 1 N–H and O–H groups in total. The van der Waals surface area contributed by atoms with Gasteiger partial charge in [-0.1, -0.05) is 59.5 Å². The molecule has 0 spiro atoms. The van der Waals surface area contributed by atoms with E-state index in [9.17, 15) is 4.79 Å². The van der Waals surface area contributed by atoms with E-state index in [1.165, 1.54) is 17.3 Å². The van der Waals surface area contributed by atoms with Crippen LogP contribution in [0.1, 0.15) is 11.3 Å². The quantitative estimate of drug-likeness (QED) is 0.481.